The number of aryl methyl sites for hydroxylation is 1. The summed E-state index contributed by atoms with van der Waals surface area (Å²) >= 11 is 0. The van der Waals surface area contributed by atoms with Gasteiger partial charge in [0, 0.05) is 45.5 Å². The molecule has 0 bridgehead atoms. The van der Waals surface area contributed by atoms with Crippen LogP contribution in [0.5, 0.6) is 0 Å². The van der Waals surface area contributed by atoms with Gasteiger partial charge < -0.3 is 19.9 Å². The summed E-state index contributed by atoms with van der Waals surface area (Å²) < 4.78 is 5.44. The largest absolute Gasteiger partial charge is 0.444 e. The van der Waals surface area contributed by atoms with E-state index in [1.165, 1.54) is 16.0 Å². The number of hydrazine groups is 1. The molecule has 41 heavy (non-hydrogen) atoms. The van der Waals surface area contributed by atoms with E-state index in [2.05, 4.69) is 23.5 Å². The predicted molar refractivity (Wildman–Crippen MR) is 158 cm³/mol. The van der Waals surface area contributed by atoms with Crippen LogP contribution in [0.4, 0.5) is 10.5 Å². The first kappa shape index (κ1) is 31.4. The summed E-state index contributed by atoms with van der Waals surface area (Å²) in [6, 6.07) is 15.6. The number of amides is 3. The molecular formula is C31H42N6O4. The van der Waals surface area contributed by atoms with Crippen LogP contribution >= 0.6 is 0 Å². The van der Waals surface area contributed by atoms with E-state index in [9.17, 15) is 19.6 Å². The third-order valence-corrected chi connectivity index (χ3v) is 6.94. The van der Waals surface area contributed by atoms with Crippen LogP contribution in [0.3, 0.4) is 0 Å². The second-order valence-electron chi connectivity index (χ2n) is 11.1. The van der Waals surface area contributed by atoms with Crippen LogP contribution in [0, 0.1) is 11.3 Å². The highest BCUT2D eigenvalue weighted by Gasteiger charge is 2.27. The number of fused-ring (bicyclic) bond motifs is 1. The second kappa shape index (κ2) is 14.0. The number of likely N-dealkylation sites (N-methyl/N-ethyl adjacent to an activating group) is 2. The number of rotatable bonds is 11. The minimum absolute atomic E-state index is 0.0440. The van der Waals surface area contributed by atoms with E-state index in [1.54, 1.807) is 29.1 Å². The molecule has 0 saturated carbocycles. The van der Waals surface area contributed by atoms with E-state index in [4.69, 9.17) is 4.74 Å². The average molecular weight is 563 g/mol. The van der Waals surface area contributed by atoms with Gasteiger partial charge in [-0.3, -0.25) is 14.6 Å². The zero-order valence-corrected chi connectivity index (χ0v) is 25.1. The van der Waals surface area contributed by atoms with Crippen molar-refractivity contribution in [3.63, 3.8) is 0 Å². The fraction of sp³-hybridized carbons (Fsp3) is 0.484. The number of nitrogens with one attached hydrogen (secondary N) is 1. The first-order valence-corrected chi connectivity index (χ1v) is 14.1. The molecule has 10 heteroatoms. The molecule has 0 fully saturated rings. The topological polar surface area (TPSA) is 109 Å². The number of hydrogen-bond donors (Lipinski definition) is 1. The molecule has 0 atom stereocenters. The number of nitrogens with zero attached hydrogens (tertiary/aromatic N) is 5. The maximum Gasteiger partial charge on any atom is 0.410 e. The van der Waals surface area contributed by atoms with E-state index in [0.29, 0.717) is 43.9 Å². The van der Waals surface area contributed by atoms with Crippen molar-refractivity contribution in [2.24, 2.45) is 0 Å². The first-order valence-electron chi connectivity index (χ1n) is 14.1. The van der Waals surface area contributed by atoms with Crippen molar-refractivity contribution >= 4 is 23.6 Å². The van der Waals surface area contributed by atoms with Crippen LogP contribution in [0.2, 0.25) is 0 Å². The molecule has 3 rings (SSSR count). The third-order valence-electron chi connectivity index (χ3n) is 6.94. The third kappa shape index (κ3) is 8.69. The number of ether oxygens (including phenoxy) is 1. The Bertz CT molecular complexity index is 1260. The van der Waals surface area contributed by atoms with Crippen molar-refractivity contribution in [1.82, 2.24) is 20.2 Å². The van der Waals surface area contributed by atoms with Gasteiger partial charge in [-0.25, -0.2) is 9.80 Å². The Morgan fingerprint density at radius 3 is 2.27 bits per heavy atom. The Balaban J connectivity index is 1.71. The molecule has 0 saturated heterocycles. The van der Waals surface area contributed by atoms with Crippen LogP contribution in [0.25, 0.3) is 0 Å². The zero-order valence-electron chi connectivity index (χ0n) is 25.1. The van der Waals surface area contributed by atoms with Gasteiger partial charge in [0.25, 0.3) is 5.91 Å². The van der Waals surface area contributed by atoms with Crippen LogP contribution < -0.4 is 10.2 Å². The number of hydrogen-bond acceptors (Lipinski definition) is 7. The van der Waals surface area contributed by atoms with Gasteiger partial charge in [0.15, 0.2) is 0 Å². The minimum Gasteiger partial charge on any atom is -0.444 e. The molecule has 2 aromatic rings. The Morgan fingerprint density at radius 2 is 1.71 bits per heavy atom. The SMILES string of the molecule is CCc1ccc(C#N)cc1N(CC(=O)NCCN(CC)C(=O)OC(C)(C)C)CC(=O)N(C)N1Cc2ccccc2C1. The number of carbonyl (C=O) groups excluding carboxylic acids is 3. The van der Waals surface area contributed by atoms with E-state index < -0.39 is 11.7 Å². The molecule has 1 N–H and O–H groups in total. The van der Waals surface area contributed by atoms with Crippen molar-refractivity contribution in [3.8, 4) is 6.07 Å². The van der Waals surface area contributed by atoms with E-state index in [0.717, 1.165) is 5.56 Å². The highest BCUT2D eigenvalue weighted by molar-refractivity contribution is 5.87. The predicted octanol–water partition coefficient (Wildman–Crippen LogP) is 3.69. The maximum atomic E-state index is 13.5. The van der Waals surface area contributed by atoms with Crippen molar-refractivity contribution in [2.45, 2.75) is 59.7 Å². The summed E-state index contributed by atoms with van der Waals surface area (Å²) in [5.74, 6) is -0.462. The number of anilines is 1. The fourth-order valence-electron chi connectivity index (χ4n) is 4.67. The van der Waals surface area contributed by atoms with Gasteiger partial charge in [-0.1, -0.05) is 37.3 Å². The first-order chi connectivity index (χ1) is 19.4. The standard InChI is InChI=1S/C31H42N6O4/c1-7-24-14-13-23(18-32)17-27(24)36(21-28(38)33-15-16-35(8-2)30(40)41-31(3,4)5)22-29(39)34(6)37-19-25-11-9-10-12-26(25)20-37/h9-14,17H,7-8,15-16,19-22H2,1-6H3,(H,33,38). The van der Waals surface area contributed by atoms with E-state index in [1.807, 2.05) is 57.8 Å². The van der Waals surface area contributed by atoms with Gasteiger partial charge in [-0.15, -0.1) is 0 Å². The molecule has 0 unspecified atom stereocenters. The summed E-state index contributed by atoms with van der Waals surface area (Å²) in [6.07, 6.45) is 0.237. The van der Waals surface area contributed by atoms with E-state index in [-0.39, 0.29) is 31.4 Å². The molecule has 1 aliphatic heterocycles. The molecule has 1 heterocycles. The van der Waals surface area contributed by atoms with Crippen LogP contribution in [0.15, 0.2) is 42.5 Å². The number of carbonyl (C=O) groups is 3. The molecule has 3 amide bonds. The van der Waals surface area contributed by atoms with Crippen LogP contribution in [-0.4, -0.2) is 78.2 Å². The van der Waals surface area contributed by atoms with E-state index >= 15 is 0 Å². The van der Waals surface area contributed by atoms with Crippen LogP contribution in [0.1, 0.15) is 56.9 Å². The summed E-state index contributed by atoms with van der Waals surface area (Å²) in [5.41, 5.74) is 3.83. The monoisotopic (exact) mass is 562 g/mol. The highest BCUT2D eigenvalue weighted by atomic mass is 16.6. The zero-order chi connectivity index (χ0) is 30.2. The second-order valence-corrected chi connectivity index (χ2v) is 11.1. The Labute approximate surface area is 243 Å². The van der Waals surface area contributed by atoms with Gasteiger partial charge in [-0.2, -0.15) is 5.26 Å². The van der Waals surface area contributed by atoms with Crippen molar-refractivity contribution < 1.29 is 19.1 Å². The molecule has 0 aliphatic carbocycles. The Hall–Kier alpha value is -4.10. The van der Waals surface area contributed by atoms with Gasteiger partial charge in [0.1, 0.15) is 5.60 Å². The molecule has 0 radical (unpaired) electrons. The normalized spacial score (nSPS) is 12.7. The maximum absolute atomic E-state index is 13.5. The number of benzene rings is 2. The van der Waals surface area contributed by atoms with Crippen LogP contribution in [-0.2, 0) is 33.8 Å². The van der Waals surface area contributed by atoms with Gasteiger partial charge in [-0.05, 0) is 62.9 Å². The van der Waals surface area contributed by atoms with Gasteiger partial charge in [0.05, 0.1) is 24.7 Å². The molecule has 0 aromatic heterocycles. The molecule has 220 valence electrons. The molecule has 10 nitrogen and oxygen atoms in total. The lowest BCUT2D eigenvalue weighted by Crippen LogP contribution is -2.48. The minimum atomic E-state index is -0.610. The van der Waals surface area contributed by atoms with Gasteiger partial charge in [0.2, 0.25) is 5.91 Å². The molecular weight excluding hydrogens is 520 g/mol. The lowest BCUT2D eigenvalue weighted by Gasteiger charge is -2.32. The van der Waals surface area contributed by atoms with Crippen molar-refractivity contribution in [3.05, 3.63) is 64.7 Å². The number of nitriles is 1. The summed E-state index contributed by atoms with van der Waals surface area (Å²) in [4.78, 5) is 42.3. The molecule has 0 spiro atoms. The summed E-state index contributed by atoms with van der Waals surface area (Å²) in [6.45, 7) is 11.4. The highest BCUT2D eigenvalue weighted by Crippen LogP contribution is 2.25. The summed E-state index contributed by atoms with van der Waals surface area (Å²) in [7, 11) is 1.74. The lowest BCUT2D eigenvalue weighted by molar-refractivity contribution is -0.145. The summed E-state index contributed by atoms with van der Waals surface area (Å²) in [5, 5.41) is 16.0. The Morgan fingerprint density at radius 1 is 1.05 bits per heavy atom. The van der Waals surface area contributed by atoms with Gasteiger partial charge >= 0.3 is 6.09 Å². The smallest absolute Gasteiger partial charge is 0.410 e. The lowest BCUT2D eigenvalue weighted by atomic mass is 10.1. The Kier molecular flexibility index (Phi) is 10.7. The average Bonchev–Trinajstić information content (AvgIpc) is 3.37. The van der Waals surface area contributed by atoms with Crippen molar-refractivity contribution in [1.29, 1.82) is 5.26 Å². The molecule has 2 aromatic carbocycles. The van der Waals surface area contributed by atoms with Crippen molar-refractivity contribution in [2.75, 3.05) is 44.7 Å². The fourth-order valence-corrected chi connectivity index (χ4v) is 4.67. The quantitative estimate of drug-likeness (QED) is 0.445. The molecule has 1 aliphatic rings.